The Morgan fingerprint density at radius 1 is 1.44 bits per heavy atom. The highest BCUT2D eigenvalue weighted by atomic mass is 16.5. The fourth-order valence-corrected chi connectivity index (χ4v) is 3.18. The molecule has 2 aliphatic rings. The molecule has 0 saturated heterocycles. The first-order valence-corrected chi connectivity index (χ1v) is 8.88. The van der Waals surface area contributed by atoms with Gasteiger partial charge in [0.05, 0.1) is 12.2 Å². The number of aromatic amines is 1. The molecule has 0 spiro atoms. The number of hydrogen-bond acceptors (Lipinski definition) is 5. The Hall–Kier alpha value is -2.44. The minimum Gasteiger partial charge on any atom is -0.360 e. The molecule has 1 aliphatic carbocycles. The van der Waals surface area contributed by atoms with Crippen LogP contribution in [0.4, 0.5) is 0 Å². The largest absolute Gasteiger partial charge is 0.360 e. The molecule has 1 fully saturated rings. The number of rotatable bonds is 4. The Bertz CT molecular complexity index is 863. The van der Waals surface area contributed by atoms with Crippen LogP contribution in [0.1, 0.15) is 65.9 Å². The van der Waals surface area contributed by atoms with Crippen LogP contribution in [-0.2, 0) is 19.4 Å². The van der Waals surface area contributed by atoms with Gasteiger partial charge in [-0.3, -0.25) is 9.59 Å². The van der Waals surface area contributed by atoms with Crippen molar-refractivity contribution in [2.45, 2.75) is 52.0 Å². The first-order valence-electron chi connectivity index (χ1n) is 8.88. The van der Waals surface area contributed by atoms with Gasteiger partial charge in [-0.15, -0.1) is 0 Å². The maximum absolute atomic E-state index is 12.7. The molecule has 0 atom stereocenters. The van der Waals surface area contributed by atoms with Crippen molar-refractivity contribution < 1.29 is 9.32 Å². The molecule has 25 heavy (non-hydrogen) atoms. The fourth-order valence-electron chi connectivity index (χ4n) is 3.18. The van der Waals surface area contributed by atoms with Crippen LogP contribution < -0.4 is 5.56 Å². The summed E-state index contributed by atoms with van der Waals surface area (Å²) in [5.41, 5.74) is 1.67. The molecule has 1 N–H and O–H groups in total. The molecule has 0 bridgehead atoms. The number of aromatic nitrogens is 3. The second kappa shape index (κ2) is 6.13. The standard InChI is InChI=1S/C18H22N4O3/c1-10(2)15-8-13(21-25-15)18(24)22-6-5-12-14(9-22)19-16(20-17(12)23)7-11-3-4-11/h8,10-11H,3-7,9H2,1-2H3,(H,19,20,23). The van der Waals surface area contributed by atoms with Crippen molar-refractivity contribution in [1.82, 2.24) is 20.0 Å². The Labute approximate surface area is 145 Å². The van der Waals surface area contributed by atoms with Gasteiger partial charge in [-0.25, -0.2) is 4.98 Å². The molecule has 7 nitrogen and oxygen atoms in total. The average Bonchev–Trinajstić information content (AvgIpc) is 3.25. The summed E-state index contributed by atoms with van der Waals surface area (Å²) < 4.78 is 5.23. The van der Waals surface area contributed by atoms with Gasteiger partial charge in [0, 0.05) is 30.5 Å². The lowest BCUT2D eigenvalue weighted by molar-refractivity contribution is 0.0720. The van der Waals surface area contributed by atoms with Crippen LogP contribution in [0.15, 0.2) is 15.4 Å². The summed E-state index contributed by atoms with van der Waals surface area (Å²) in [6.45, 7) is 4.81. The molecule has 1 saturated carbocycles. The predicted molar refractivity (Wildman–Crippen MR) is 90.3 cm³/mol. The molecule has 2 aromatic rings. The van der Waals surface area contributed by atoms with Gasteiger partial charge in [-0.2, -0.15) is 0 Å². The quantitative estimate of drug-likeness (QED) is 0.918. The van der Waals surface area contributed by atoms with E-state index in [2.05, 4.69) is 15.1 Å². The summed E-state index contributed by atoms with van der Waals surface area (Å²) in [4.78, 5) is 34.2. The summed E-state index contributed by atoms with van der Waals surface area (Å²) >= 11 is 0. The number of nitrogens with zero attached hydrogens (tertiary/aromatic N) is 3. The van der Waals surface area contributed by atoms with E-state index in [-0.39, 0.29) is 17.4 Å². The third kappa shape index (κ3) is 3.23. The summed E-state index contributed by atoms with van der Waals surface area (Å²) in [7, 11) is 0. The normalized spacial score (nSPS) is 17.0. The first-order chi connectivity index (χ1) is 12.0. The summed E-state index contributed by atoms with van der Waals surface area (Å²) in [6, 6.07) is 1.70. The number of carbonyl (C=O) groups excluding carboxylic acids is 1. The number of carbonyl (C=O) groups is 1. The van der Waals surface area contributed by atoms with Crippen molar-refractivity contribution in [2.75, 3.05) is 6.54 Å². The SMILES string of the molecule is CC(C)c1cc(C(=O)N2CCc3c(nc(CC4CC4)[nH]c3=O)C2)no1. The summed E-state index contributed by atoms with van der Waals surface area (Å²) in [6.07, 6.45) is 3.74. The van der Waals surface area contributed by atoms with E-state index in [0.717, 1.165) is 12.2 Å². The van der Waals surface area contributed by atoms with E-state index < -0.39 is 0 Å². The highest BCUT2D eigenvalue weighted by molar-refractivity contribution is 5.92. The predicted octanol–water partition coefficient (Wildman–Crippen LogP) is 2.03. The smallest absolute Gasteiger partial charge is 0.276 e. The Morgan fingerprint density at radius 2 is 2.24 bits per heavy atom. The number of H-pyrrole nitrogens is 1. The van der Waals surface area contributed by atoms with E-state index in [1.54, 1.807) is 11.0 Å². The van der Waals surface area contributed by atoms with Crippen LogP contribution >= 0.6 is 0 Å². The molecular weight excluding hydrogens is 320 g/mol. The maximum Gasteiger partial charge on any atom is 0.276 e. The third-order valence-electron chi connectivity index (χ3n) is 4.91. The number of hydrogen-bond donors (Lipinski definition) is 1. The topological polar surface area (TPSA) is 92.1 Å². The molecule has 1 amide bonds. The Kier molecular flexibility index (Phi) is 3.94. The van der Waals surface area contributed by atoms with Gasteiger partial charge in [0.15, 0.2) is 5.69 Å². The van der Waals surface area contributed by atoms with Gasteiger partial charge in [-0.05, 0) is 25.2 Å². The van der Waals surface area contributed by atoms with Crippen molar-refractivity contribution in [3.05, 3.63) is 45.0 Å². The van der Waals surface area contributed by atoms with Gasteiger partial charge >= 0.3 is 0 Å². The van der Waals surface area contributed by atoms with E-state index in [0.29, 0.717) is 48.1 Å². The molecule has 0 unspecified atom stereocenters. The Morgan fingerprint density at radius 3 is 2.92 bits per heavy atom. The van der Waals surface area contributed by atoms with Gasteiger partial charge in [0.2, 0.25) is 0 Å². The minimum absolute atomic E-state index is 0.0590. The van der Waals surface area contributed by atoms with Gasteiger partial charge in [-0.1, -0.05) is 19.0 Å². The minimum atomic E-state index is -0.174. The number of nitrogens with one attached hydrogen (secondary N) is 1. The highest BCUT2D eigenvalue weighted by Crippen LogP contribution is 2.31. The zero-order valence-corrected chi connectivity index (χ0v) is 14.5. The second-order valence-corrected chi connectivity index (χ2v) is 7.33. The maximum atomic E-state index is 12.7. The van der Waals surface area contributed by atoms with Crippen LogP contribution in [-0.4, -0.2) is 32.5 Å². The van der Waals surface area contributed by atoms with Gasteiger partial charge in [0.25, 0.3) is 11.5 Å². The molecule has 132 valence electrons. The Balaban J connectivity index is 1.55. The van der Waals surface area contributed by atoms with E-state index in [1.807, 2.05) is 13.8 Å². The lowest BCUT2D eigenvalue weighted by atomic mass is 10.1. The first kappa shape index (κ1) is 16.1. The second-order valence-electron chi connectivity index (χ2n) is 7.33. The molecule has 2 aromatic heterocycles. The van der Waals surface area contributed by atoms with Gasteiger partial charge in [0.1, 0.15) is 11.6 Å². The van der Waals surface area contributed by atoms with Crippen molar-refractivity contribution in [2.24, 2.45) is 5.92 Å². The summed E-state index contributed by atoms with van der Waals surface area (Å²) in [5, 5.41) is 3.90. The highest BCUT2D eigenvalue weighted by Gasteiger charge is 2.28. The van der Waals surface area contributed by atoms with Gasteiger partial charge < -0.3 is 14.4 Å². The number of fused-ring (bicyclic) bond motifs is 1. The number of amides is 1. The zero-order valence-electron chi connectivity index (χ0n) is 14.5. The van der Waals surface area contributed by atoms with Crippen LogP contribution in [0.2, 0.25) is 0 Å². The summed E-state index contributed by atoms with van der Waals surface area (Å²) in [5.74, 6) is 2.09. The lowest BCUT2D eigenvalue weighted by Crippen LogP contribution is -2.39. The third-order valence-corrected chi connectivity index (χ3v) is 4.91. The van der Waals surface area contributed by atoms with E-state index in [9.17, 15) is 9.59 Å². The molecule has 0 aromatic carbocycles. The van der Waals surface area contributed by atoms with Crippen molar-refractivity contribution in [1.29, 1.82) is 0 Å². The van der Waals surface area contributed by atoms with Crippen LogP contribution in [0, 0.1) is 5.92 Å². The van der Waals surface area contributed by atoms with Crippen LogP contribution in [0.25, 0.3) is 0 Å². The average molecular weight is 342 g/mol. The van der Waals surface area contributed by atoms with E-state index >= 15 is 0 Å². The molecule has 7 heteroatoms. The monoisotopic (exact) mass is 342 g/mol. The molecule has 0 radical (unpaired) electrons. The molecule has 1 aliphatic heterocycles. The van der Waals surface area contributed by atoms with E-state index in [4.69, 9.17) is 4.52 Å². The van der Waals surface area contributed by atoms with E-state index in [1.165, 1.54) is 12.8 Å². The molecule has 4 rings (SSSR count). The molecular formula is C18H22N4O3. The molecule has 3 heterocycles. The zero-order chi connectivity index (χ0) is 17.6. The van der Waals surface area contributed by atoms with Crippen molar-refractivity contribution in [3.8, 4) is 0 Å². The fraction of sp³-hybridized carbons (Fsp3) is 0.556. The van der Waals surface area contributed by atoms with Crippen LogP contribution in [0.3, 0.4) is 0 Å². The van der Waals surface area contributed by atoms with Crippen molar-refractivity contribution >= 4 is 5.91 Å². The lowest BCUT2D eigenvalue weighted by Gasteiger charge is -2.27. The van der Waals surface area contributed by atoms with Crippen molar-refractivity contribution in [3.63, 3.8) is 0 Å². The van der Waals surface area contributed by atoms with Crippen LogP contribution in [0.5, 0.6) is 0 Å².